The summed E-state index contributed by atoms with van der Waals surface area (Å²) in [5.41, 5.74) is 7.68. The van der Waals surface area contributed by atoms with Crippen molar-refractivity contribution >= 4 is 0 Å². The van der Waals surface area contributed by atoms with Crippen LogP contribution in [0.3, 0.4) is 0 Å². The maximum Gasteiger partial charge on any atom is 0.0433 e. The van der Waals surface area contributed by atoms with Crippen molar-refractivity contribution in [3.63, 3.8) is 0 Å². The zero-order valence-corrected chi connectivity index (χ0v) is 13.2. The monoisotopic (exact) mass is 287 g/mol. The molecule has 3 heteroatoms. The molecule has 3 rings (SSSR count). The van der Waals surface area contributed by atoms with Crippen LogP contribution in [0.25, 0.3) is 0 Å². The molecule has 1 aliphatic heterocycles. The van der Waals surface area contributed by atoms with E-state index in [1.807, 2.05) is 0 Å². The van der Waals surface area contributed by atoms with Gasteiger partial charge in [0, 0.05) is 25.2 Å². The lowest BCUT2D eigenvalue weighted by molar-refractivity contribution is 0.118. The first-order valence-electron chi connectivity index (χ1n) is 8.42. The first-order valence-corrected chi connectivity index (χ1v) is 8.42. The molecule has 0 radical (unpaired) electrons. The van der Waals surface area contributed by atoms with Crippen LogP contribution in [0.15, 0.2) is 30.3 Å². The van der Waals surface area contributed by atoms with Gasteiger partial charge in [-0.1, -0.05) is 37.3 Å². The fraction of sp³-hybridized carbons (Fsp3) is 0.667. The molecule has 3 nitrogen and oxygen atoms in total. The molecule has 0 bridgehead atoms. The Kier molecular flexibility index (Phi) is 4.63. The Bertz CT molecular complexity index is 447. The number of nitrogens with two attached hydrogens (primary N) is 1. The van der Waals surface area contributed by atoms with Crippen molar-refractivity contribution in [2.24, 2.45) is 17.6 Å². The van der Waals surface area contributed by atoms with Crippen molar-refractivity contribution in [2.45, 2.75) is 38.3 Å². The molecule has 0 amide bonds. The van der Waals surface area contributed by atoms with E-state index in [2.05, 4.69) is 47.5 Å². The lowest BCUT2D eigenvalue weighted by atomic mass is 9.88. The van der Waals surface area contributed by atoms with Gasteiger partial charge >= 0.3 is 0 Å². The zero-order valence-electron chi connectivity index (χ0n) is 13.2. The first kappa shape index (κ1) is 15.0. The fourth-order valence-corrected chi connectivity index (χ4v) is 3.62. The third-order valence-corrected chi connectivity index (χ3v) is 5.31. The number of hydrogen-bond donors (Lipinski definition) is 2. The average molecular weight is 287 g/mol. The van der Waals surface area contributed by atoms with Gasteiger partial charge in [0.05, 0.1) is 0 Å². The van der Waals surface area contributed by atoms with E-state index < -0.39 is 0 Å². The van der Waals surface area contributed by atoms with Gasteiger partial charge in [-0.3, -0.25) is 4.90 Å². The lowest BCUT2D eigenvalue weighted by Gasteiger charge is -2.43. The second kappa shape index (κ2) is 6.47. The van der Waals surface area contributed by atoms with Gasteiger partial charge < -0.3 is 11.1 Å². The van der Waals surface area contributed by atoms with Crippen LogP contribution in [0.5, 0.6) is 0 Å². The van der Waals surface area contributed by atoms with E-state index in [4.69, 9.17) is 5.73 Å². The largest absolute Gasteiger partial charge is 0.329 e. The van der Waals surface area contributed by atoms with E-state index in [1.165, 1.54) is 31.4 Å². The number of rotatable bonds is 6. The highest BCUT2D eigenvalue weighted by Gasteiger charge is 2.38. The summed E-state index contributed by atoms with van der Waals surface area (Å²) in [6.45, 7) is 7.57. The van der Waals surface area contributed by atoms with Crippen molar-refractivity contribution in [1.29, 1.82) is 0 Å². The molecular formula is C18H29N3. The number of hydrogen-bond acceptors (Lipinski definition) is 3. The quantitative estimate of drug-likeness (QED) is 0.843. The predicted octanol–water partition coefficient (Wildman–Crippen LogP) is 2.23. The zero-order chi connectivity index (χ0) is 14.7. The standard InChI is InChI=1S/C18H29N3/c1-15-10-17(15)11-20-18(13-19)8-5-9-21(14-18)12-16-6-3-2-4-7-16/h2-4,6-7,15,17,20H,5,8-14,19H2,1H3. The summed E-state index contributed by atoms with van der Waals surface area (Å²) in [6.07, 6.45) is 3.86. The van der Waals surface area contributed by atoms with Crippen molar-refractivity contribution in [2.75, 3.05) is 26.2 Å². The Hall–Kier alpha value is -0.900. The normalized spacial score (nSPS) is 33.0. The molecule has 3 atom stereocenters. The Morgan fingerprint density at radius 2 is 2.10 bits per heavy atom. The Balaban J connectivity index is 1.57. The fourth-order valence-electron chi connectivity index (χ4n) is 3.62. The number of nitrogens with zero attached hydrogens (tertiary/aromatic N) is 1. The Morgan fingerprint density at radius 3 is 2.76 bits per heavy atom. The van der Waals surface area contributed by atoms with Crippen LogP contribution in [0.2, 0.25) is 0 Å². The molecule has 2 aliphatic rings. The van der Waals surface area contributed by atoms with Crippen LogP contribution in [-0.2, 0) is 6.54 Å². The summed E-state index contributed by atoms with van der Waals surface area (Å²) in [5.74, 6) is 1.80. The minimum Gasteiger partial charge on any atom is -0.329 e. The number of likely N-dealkylation sites (tertiary alicyclic amines) is 1. The summed E-state index contributed by atoms with van der Waals surface area (Å²) in [5, 5.41) is 3.83. The molecular weight excluding hydrogens is 258 g/mol. The van der Waals surface area contributed by atoms with Crippen LogP contribution in [0.4, 0.5) is 0 Å². The number of piperidine rings is 1. The molecule has 21 heavy (non-hydrogen) atoms. The van der Waals surface area contributed by atoms with Crippen LogP contribution >= 0.6 is 0 Å². The molecule has 1 aliphatic carbocycles. The first-order chi connectivity index (χ1) is 10.2. The second-order valence-electron chi connectivity index (χ2n) is 7.14. The van der Waals surface area contributed by atoms with Gasteiger partial charge in [0.2, 0.25) is 0 Å². The molecule has 116 valence electrons. The molecule has 1 saturated heterocycles. The van der Waals surface area contributed by atoms with E-state index in [-0.39, 0.29) is 5.54 Å². The van der Waals surface area contributed by atoms with Crippen molar-refractivity contribution in [3.05, 3.63) is 35.9 Å². The highest BCUT2D eigenvalue weighted by molar-refractivity contribution is 5.15. The highest BCUT2D eigenvalue weighted by Crippen LogP contribution is 2.37. The van der Waals surface area contributed by atoms with Gasteiger partial charge in [0.15, 0.2) is 0 Å². The van der Waals surface area contributed by atoms with Gasteiger partial charge in [0.25, 0.3) is 0 Å². The van der Waals surface area contributed by atoms with E-state index in [1.54, 1.807) is 0 Å². The highest BCUT2D eigenvalue weighted by atomic mass is 15.2. The molecule has 0 spiro atoms. The predicted molar refractivity (Wildman–Crippen MR) is 88.0 cm³/mol. The maximum absolute atomic E-state index is 6.15. The van der Waals surface area contributed by atoms with Gasteiger partial charge in [-0.15, -0.1) is 0 Å². The molecule has 0 aromatic heterocycles. The van der Waals surface area contributed by atoms with Gasteiger partial charge in [-0.25, -0.2) is 0 Å². The summed E-state index contributed by atoms with van der Waals surface area (Å²) >= 11 is 0. The molecule has 2 fully saturated rings. The minimum atomic E-state index is 0.134. The van der Waals surface area contributed by atoms with Gasteiger partial charge in [0.1, 0.15) is 0 Å². The Morgan fingerprint density at radius 1 is 1.33 bits per heavy atom. The summed E-state index contributed by atoms with van der Waals surface area (Å²) in [4.78, 5) is 2.56. The molecule has 1 aromatic carbocycles. The maximum atomic E-state index is 6.15. The van der Waals surface area contributed by atoms with Crippen molar-refractivity contribution in [1.82, 2.24) is 10.2 Å². The third kappa shape index (κ3) is 3.85. The van der Waals surface area contributed by atoms with E-state index in [9.17, 15) is 0 Å². The smallest absolute Gasteiger partial charge is 0.0433 e. The number of nitrogens with one attached hydrogen (secondary N) is 1. The minimum absolute atomic E-state index is 0.134. The topological polar surface area (TPSA) is 41.3 Å². The molecule has 3 unspecified atom stereocenters. The van der Waals surface area contributed by atoms with Crippen molar-refractivity contribution in [3.8, 4) is 0 Å². The molecule has 1 saturated carbocycles. The molecule has 1 heterocycles. The van der Waals surface area contributed by atoms with Crippen LogP contribution in [0, 0.1) is 11.8 Å². The average Bonchev–Trinajstić information content (AvgIpc) is 3.22. The molecule has 3 N–H and O–H groups in total. The van der Waals surface area contributed by atoms with Crippen LogP contribution < -0.4 is 11.1 Å². The third-order valence-electron chi connectivity index (χ3n) is 5.31. The Labute approximate surface area is 128 Å². The van der Waals surface area contributed by atoms with E-state index >= 15 is 0 Å². The van der Waals surface area contributed by atoms with Crippen LogP contribution in [-0.4, -0.2) is 36.6 Å². The summed E-state index contributed by atoms with van der Waals surface area (Å²) in [7, 11) is 0. The lowest BCUT2D eigenvalue weighted by Crippen LogP contribution is -2.61. The van der Waals surface area contributed by atoms with Crippen molar-refractivity contribution < 1.29 is 0 Å². The van der Waals surface area contributed by atoms with Gasteiger partial charge in [-0.2, -0.15) is 0 Å². The summed E-state index contributed by atoms with van der Waals surface area (Å²) in [6, 6.07) is 10.8. The van der Waals surface area contributed by atoms with Crippen LogP contribution in [0.1, 0.15) is 31.7 Å². The second-order valence-corrected chi connectivity index (χ2v) is 7.14. The van der Waals surface area contributed by atoms with Gasteiger partial charge in [-0.05, 0) is 49.8 Å². The number of benzene rings is 1. The summed E-state index contributed by atoms with van der Waals surface area (Å²) < 4.78 is 0. The van der Waals surface area contributed by atoms with E-state index in [0.717, 1.165) is 38.0 Å². The molecule has 1 aromatic rings. The van der Waals surface area contributed by atoms with E-state index in [0.29, 0.717) is 0 Å². The SMILES string of the molecule is CC1CC1CNC1(CN)CCCN(Cc2ccccc2)C1.